The van der Waals surface area contributed by atoms with E-state index in [2.05, 4.69) is 10.0 Å². The minimum Gasteiger partial charge on any atom is -0.480 e. The van der Waals surface area contributed by atoms with Crippen LogP contribution in [0.2, 0.25) is 0 Å². The van der Waals surface area contributed by atoms with Crippen molar-refractivity contribution >= 4 is 21.9 Å². The van der Waals surface area contributed by atoms with Gasteiger partial charge in [0.25, 0.3) is 5.91 Å². The molecule has 2 atom stereocenters. The SMILES string of the molecule is CCCC(C)(NC(=O)c1ccc(S(=O)(=O)NC(C)CC)cc1)C(=O)O. The lowest BCUT2D eigenvalue weighted by Crippen LogP contribution is -2.52. The van der Waals surface area contributed by atoms with Crippen molar-refractivity contribution in [2.24, 2.45) is 0 Å². The van der Waals surface area contributed by atoms with Crippen molar-refractivity contribution in [1.29, 1.82) is 0 Å². The highest BCUT2D eigenvalue weighted by Crippen LogP contribution is 2.16. The third-order valence-electron chi connectivity index (χ3n) is 4.01. The summed E-state index contributed by atoms with van der Waals surface area (Å²) >= 11 is 0. The van der Waals surface area contributed by atoms with Gasteiger partial charge in [-0.2, -0.15) is 0 Å². The predicted molar refractivity (Wildman–Crippen MR) is 94.9 cm³/mol. The van der Waals surface area contributed by atoms with E-state index in [1.807, 2.05) is 13.8 Å². The Hall–Kier alpha value is -1.93. The maximum absolute atomic E-state index is 12.3. The molecule has 0 aromatic heterocycles. The van der Waals surface area contributed by atoms with E-state index in [0.29, 0.717) is 19.3 Å². The van der Waals surface area contributed by atoms with E-state index < -0.39 is 27.4 Å². The Morgan fingerprint density at radius 3 is 2.20 bits per heavy atom. The second-order valence-electron chi connectivity index (χ2n) is 6.30. The highest BCUT2D eigenvalue weighted by molar-refractivity contribution is 7.89. The largest absolute Gasteiger partial charge is 0.480 e. The molecule has 3 N–H and O–H groups in total. The van der Waals surface area contributed by atoms with Crippen molar-refractivity contribution in [3.8, 4) is 0 Å². The molecule has 1 rings (SSSR count). The van der Waals surface area contributed by atoms with Crippen LogP contribution in [0.4, 0.5) is 0 Å². The van der Waals surface area contributed by atoms with Gasteiger partial charge in [-0.05, 0) is 51.0 Å². The quantitative estimate of drug-likeness (QED) is 0.616. The first-order valence-electron chi connectivity index (χ1n) is 8.24. The van der Waals surface area contributed by atoms with Crippen LogP contribution < -0.4 is 10.0 Å². The number of amides is 1. The Balaban J connectivity index is 2.95. The van der Waals surface area contributed by atoms with Gasteiger partial charge in [0.05, 0.1) is 4.90 Å². The van der Waals surface area contributed by atoms with Crippen LogP contribution in [0.1, 0.15) is 57.3 Å². The van der Waals surface area contributed by atoms with Crippen molar-refractivity contribution in [2.45, 2.75) is 63.4 Å². The van der Waals surface area contributed by atoms with Crippen LogP contribution in [0, 0.1) is 0 Å². The summed E-state index contributed by atoms with van der Waals surface area (Å²) < 4.78 is 26.9. The Morgan fingerprint density at radius 2 is 1.76 bits per heavy atom. The zero-order valence-electron chi connectivity index (χ0n) is 15.0. The fourth-order valence-corrected chi connectivity index (χ4v) is 3.57. The number of carboxylic acids is 1. The number of carbonyl (C=O) groups is 2. The van der Waals surface area contributed by atoms with Gasteiger partial charge in [0.15, 0.2) is 0 Å². The molecule has 0 spiro atoms. The molecule has 0 aliphatic rings. The number of nitrogens with one attached hydrogen (secondary N) is 2. The van der Waals surface area contributed by atoms with Gasteiger partial charge in [0.1, 0.15) is 5.54 Å². The summed E-state index contributed by atoms with van der Waals surface area (Å²) in [5.41, 5.74) is -1.17. The van der Waals surface area contributed by atoms with Gasteiger partial charge in [0, 0.05) is 11.6 Å². The summed E-state index contributed by atoms with van der Waals surface area (Å²) in [5.74, 6) is -1.67. The van der Waals surface area contributed by atoms with Crippen molar-refractivity contribution < 1.29 is 23.1 Å². The van der Waals surface area contributed by atoms with Crippen LogP contribution in [0.15, 0.2) is 29.2 Å². The molecule has 0 saturated heterocycles. The highest BCUT2D eigenvalue weighted by Gasteiger charge is 2.34. The van der Waals surface area contributed by atoms with Crippen molar-refractivity contribution in [1.82, 2.24) is 10.0 Å². The van der Waals surface area contributed by atoms with Crippen LogP contribution in [-0.4, -0.2) is 37.0 Å². The maximum Gasteiger partial charge on any atom is 0.329 e. The highest BCUT2D eigenvalue weighted by atomic mass is 32.2. The number of hydrogen-bond acceptors (Lipinski definition) is 4. The van der Waals surface area contributed by atoms with Gasteiger partial charge in [-0.25, -0.2) is 17.9 Å². The first-order valence-corrected chi connectivity index (χ1v) is 9.72. The van der Waals surface area contributed by atoms with Crippen LogP contribution in [-0.2, 0) is 14.8 Å². The Bertz CT molecular complexity index is 715. The van der Waals surface area contributed by atoms with E-state index in [1.54, 1.807) is 6.92 Å². The summed E-state index contributed by atoms with van der Waals surface area (Å²) in [5, 5.41) is 11.8. The molecule has 0 aliphatic heterocycles. The van der Waals surface area contributed by atoms with Gasteiger partial charge in [0.2, 0.25) is 10.0 Å². The molecule has 1 aromatic rings. The molecule has 7 nitrogen and oxygen atoms in total. The molecular weight excluding hydrogens is 344 g/mol. The van der Waals surface area contributed by atoms with Crippen LogP contribution in [0.3, 0.4) is 0 Å². The number of carbonyl (C=O) groups excluding carboxylic acids is 1. The van der Waals surface area contributed by atoms with Crippen molar-refractivity contribution in [3.05, 3.63) is 29.8 Å². The number of rotatable bonds is 9. The lowest BCUT2D eigenvalue weighted by Gasteiger charge is -2.25. The molecule has 0 heterocycles. The topological polar surface area (TPSA) is 113 Å². The van der Waals surface area contributed by atoms with Crippen molar-refractivity contribution in [3.63, 3.8) is 0 Å². The van der Waals surface area contributed by atoms with Crippen LogP contribution >= 0.6 is 0 Å². The molecule has 1 amide bonds. The van der Waals surface area contributed by atoms with E-state index in [-0.39, 0.29) is 16.5 Å². The molecular formula is C17H26N2O5S. The summed E-state index contributed by atoms with van der Waals surface area (Å²) in [6.07, 6.45) is 1.55. The number of hydrogen-bond donors (Lipinski definition) is 3. The minimum absolute atomic E-state index is 0.0545. The normalized spacial score (nSPS) is 15.2. The van der Waals surface area contributed by atoms with Gasteiger partial charge >= 0.3 is 5.97 Å². The molecule has 140 valence electrons. The van der Waals surface area contributed by atoms with Gasteiger partial charge < -0.3 is 10.4 Å². The Labute approximate surface area is 148 Å². The molecule has 1 aromatic carbocycles. The minimum atomic E-state index is -3.65. The van der Waals surface area contributed by atoms with E-state index in [0.717, 1.165) is 0 Å². The molecule has 25 heavy (non-hydrogen) atoms. The van der Waals surface area contributed by atoms with Gasteiger partial charge in [-0.3, -0.25) is 4.79 Å². The van der Waals surface area contributed by atoms with E-state index in [1.165, 1.54) is 31.2 Å². The van der Waals surface area contributed by atoms with Gasteiger partial charge in [-0.1, -0.05) is 20.3 Å². The predicted octanol–water partition coefficient (Wildman–Crippen LogP) is 2.14. The number of benzene rings is 1. The summed E-state index contributed by atoms with van der Waals surface area (Å²) in [7, 11) is -3.65. The summed E-state index contributed by atoms with van der Waals surface area (Å²) in [4.78, 5) is 23.7. The molecule has 0 fully saturated rings. The van der Waals surface area contributed by atoms with E-state index in [4.69, 9.17) is 0 Å². The average Bonchev–Trinajstić information content (AvgIpc) is 2.54. The lowest BCUT2D eigenvalue weighted by molar-refractivity contribution is -0.144. The van der Waals surface area contributed by atoms with E-state index in [9.17, 15) is 23.1 Å². The molecule has 8 heteroatoms. The zero-order valence-corrected chi connectivity index (χ0v) is 15.8. The zero-order chi connectivity index (χ0) is 19.3. The summed E-state index contributed by atoms with van der Waals surface area (Å²) in [6, 6.07) is 5.21. The van der Waals surface area contributed by atoms with Gasteiger partial charge in [-0.15, -0.1) is 0 Å². The fourth-order valence-electron chi connectivity index (χ4n) is 2.25. The second kappa shape index (κ2) is 8.44. The monoisotopic (exact) mass is 370 g/mol. The fraction of sp³-hybridized carbons (Fsp3) is 0.529. The van der Waals surface area contributed by atoms with Crippen LogP contribution in [0.25, 0.3) is 0 Å². The smallest absolute Gasteiger partial charge is 0.329 e. The van der Waals surface area contributed by atoms with Crippen molar-refractivity contribution in [2.75, 3.05) is 0 Å². The molecule has 0 radical (unpaired) electrons. The second-order valence-corrected chi connectivity index (χ2v) is 8.01. The maximum atomic E-state index is 12.3. The first-order chi connectivity index (χ1) is 11.6. The third-order valence-corrected chi connectivity index (χ3v) is 5.61. The molecule has 0 bridgehead atoms. The van der Waals surface area contributed by atoms with Crippen LogP contribution in [0.5, 0.6) is 0 Å². The molecule has 2 unspecified atom stereocenters. The molecule has 0 aliphatic carbocycles. The summed E-state index contributed by atoms with van der Waals surface area (Å²) in [6.45, 7) is 6.92. The van der Waals surface area contributed by atoms with E-state index >= 15 is 0 Å². The average molecular weight is 370 g/mol. The Morgan fingerprint density at radius 1 is 1.20 bits per heavy atom. The number of sulfonamides is 1. The number of carboxylic acid groups (broad SMARTS) is 1. The third kappa shape index (κ3) is 5.54. The Kier molecular flexibility index (Phi) is 7.13. The number of aliphatic carboxylic acids is 1. The standard InChI is InChI=1S/C17H26N2O5S/c1-5-11-17(4,16(21)22)18-15(20)13-7-9-14(10-8-13)25(23,24)19-12(3)6-2/h7-10,12,19H,5-6,11H2,1-4H3,(H,18,20)(H,21,22). The first kappa shape index (κ1) is 21.1. The lowest BCUT2D eigenvalue weighted by atomic mass is 9.96. The molecule has 0 saturated carbocycles.